The van der Waals surface area contributed by atoms with Crippen LogP contribution < -0.4 is 4.90 Å². The largest absolute Gasteiger partial charge is 0.298 e. The molecular weight excluding hydrogens is 314 g/mol. The molecule has 0 N–H and O–H groups in total. The van der Waals surface area contributed by atoms with Gasteiger partial charge in [0.25, 0.3) is 0 Å². The second-order valence-electron chi connectivity index (χ2n) is 6.43. The van der Waals surface area contributed by atoms with E-state index in [1.807, 2.05) is 42.5 Å². The van der Waals surface area contributed by atoms with Crippen molar-refractivity contribution in [2.45, 2.75) is 12.8 Å². The summed E-state index contributed by atoms with van der Waals surface area (Å²) < 4.78 is 0. The molecule has 0 saturated carbocycles. The summed E-state index contributed by atoms with van der Waals surface area (Å²) in [6.07, 6.45) is 3.86. The van der Waals surface area contributed by atoms with Crippen LogP contribution in [0.25, 0.3) is 5.57 Å². The van der Waals surface area contributed by atoms with Gasteiger partial charge in [-0.2, -0.15) is 0 Å². The van der Waals surface area contributed by atoms with Crippen LogP contribution in [0.5, 0.6) is 0 Å². The van der Waals surface area contributed by atoms with Gasteiger partial charge in [-0.3, -0.25) is 19.3 Å². The predicted molar refractivity (Wildman–Crippen MR) is 95.0 cm³/mol. The number of amides is 2. The molecule has 0 aromatic heterocycles. The lowest BCUT2D eigenvalue weighted by molar-refractivity contribution is -0.122. The van der Waals surface area contributed by atoms with Gasteiger partial charge in [0.2, 0.25) is 11.8 Å². The van der Waals surface area contributed by atoms with Crippen LogP contribution in [0.2, 0.25) is 0 Å². The number of aldehydes is 1. The van der Waals surface area contributed by atoms with Crippen molar-refractivity contribution < 1.29 is 14.4 Å². The number of imide groups is 1. The van der Waals surface area contributed by atoms with E-state index in [2.05, 4.69) is 0 Å². The van der Waals surface area contributed by atoms with E-state index in [9.17, 15) is 14.4 Å². The first-order chi connectivity index (χ1) is 12.2. The summed E-state index contributed by atoms with van der Waals surface area (Å²) in [5.74, 6) is -0.928. The van der Waals surface area contributed by atoms with Gasteiger partial charge in [-0.05, 0) is 36.1 Å². The standard InChI is InChI=1S/C21H17NO3/c23-13-15-6-4-5-9-17(15)14-10-11-18-19(12-14)21(25)22(20(18)24)16-7-2-1-3-8-16/h1-10,13,18-19H,11-12H2. The number of carbonyl (C=O) groups excluding carboxylic acids is 3. The Bertz CT molecular complexity index is 885. The monoisotopic (exact) mass is 331 g/mol. The molecule has 2 unspecified atom stereocenters. The van der Waals surface area contributed by atoms with Crippen LogP contribution in [0.1, 0.15) is 28.8 Å². The minimum atomic E-state index is -0.354. The van der Waals surface area contributed by atoms with E-state index >= 15 is 0 Å². The lowest BCUT2D eigenvalue weighted by atomic mass is 9.78. The zero-order chi connectivity index (χ0) is 17.4. The molecule has 2 aromatic rings. The number of rotatable bonds is 3. The molecule has 25 heavy (non-hydrogen) atoms. The van der Waals surface area contributed by atoms with Crippen LogP contribution in [0.15, 0.2) is 60.7 Å². The topological polar surface area (TPSA) is 54.5 Å². The Kier molecular flexibility index (Phi) is 3.80. The summed E-state index contributed by atoms with van der Waals surface area (Å²) in [5, 5.41) is 0. The van der Waals surface area contributed by atoms with Crippen molar-refractivity contribution in [1.82, 2.24) is 0 Å². The fourth-order valence-corrected chi connectivity index (χ4v) is 3.81. The Labute approximate surface area is 145 Å². The van der Waals surface area contributed by atoms with E-state index in [-0.39, 0.29) is 23.7 Å². The third kappa shape index (κ3) is 2.50. The lowest BCUT2D eigenvalue weighted by Crippen LogP contribution is -2.30. The molecule has 2 atom stereocenters. The van der Waals surface area contributed by atoms with Gasteiger partial charge < -0.3 is 0 Å². The average Bonchev–Trinajstić information content (AvgIpc) is 2.92. The van der Waals surface area contributed by atoms with Gasteiger partial charge in [0.05, 0.1) is 17.5 Å². The van der Waals surface area contributed by atoms with Crippen molar-refractivity contribution in [2.24, 2.45) is 11.8 Å². The molecule has 2 amide bonds. The van der Waals surface area contributed by atoms with Crippen LogP contribution in [-0.4, -0.2) is 18.1 Å². The summed E-state index contributed by atoms with van der Waals surface area (Å²) in [6, 6.07) is 16.4. The third-order valence-corrected chi connectivity index (χ3v) is 5.07. The van der Waals surface area contributed by atoms with E-state index in [4.69, 9.17) is 0 Å². The second kappa shape index (κ2) is 6.13. The van der Waals surface area contributed by atoms with Gasteiger partial charge in [0.15, 0.2) is 6.29 Å². The highest BCUT2D eigenvalue weighted by Crippen LogP contribution is 2.42. The number of para-hydroxylation sites is 1. The Balaban J connectivity index is 1.66. The second-order valence-corrected chi connectivity index (χ2v) is 6.43. The number of allylic oxidation sites excluding steroid dienone is 2. The molecule has 1 aliphatic heterocycles. The first-order valence-corrected chi connectivity index (χ1v) is 8.37. The van der Waals surface area contributed by atoms with Gasteiger partial charge in [0.1, 0.15) is 0 Å². The van der Waals surface area contributed by atoms with Crippen molar-refractivity contribution >= 4 is 29.4 Å². The van der Waals surface area contributed by atoms with Crippen LogP contribution in [-0.2, 0) is 9.59 Å². The fraction of sp³-hybridized carbons (Fsp3) is 0.190. The number of anilines is 1. The molecule has 2 aliphatic rings. The summed E-state index contributed by atoms with van der Waals surface area (Å²) in [7, 11) is 0. The van der Waals surface area contributed by atoms with Gasteiger partial charge >= 0.3 is 0 Å². The van der Waals surface area contributed by atoms with E-state index < -0.39 is 0 Å². The predicted octanol–water partition coefficient (Wildman–Crippen LogP) is 3.48. The summed E-state index contributed by atoms with van der Waals surface area (Å²) in [5.41, 5.74) is 3.07. The maximum atomic E-state index is 12.9. The number of hydrogen-bond donors (Lipinski definition) is 0. The minimum absolute atomic E-state index is 0.125. The molecule has 2 aromatic carbocycles. The number of nitrogens with zero attached hydrogens (tertiary/aromatic N) is 1. The number of fused-ring (bicyclic) bond motifs is 1. The zero-order valence-corrected chi connectivity index (χ0v) is 13.6. The normalized spacial score (nSPS) is 22.6. The Hall–Kier alpha value is -3.01. The minimum Gasteiger partial charge on any atom is -0.298 e. The van der Waals surface area contributed by atoms with E-state index in [1.165, 1.54) is 4.90 Å². The van der Waals surface area contributed by atoms with Crippen LogP contribution in [0.4, 0.5) is 5.69 Å². The third-order valence-electron chi connectivity index (χ3n) is 5.07. The van der Waals surface area contributed by atoms with E-state index in [0.29, 0.717) is 24.1 Å². The van der Waals surface area contributed by atoms with Crippen molar-refractivity contribution in [3.8, 4) is 0 Å². The molecule has 1 aliphatic carbocycles. The molecule has 1 fully saturated rings. The van der Waals surface area contributed by atoms with Crippen molar-refractivity contribution in [2.75, 3.05) is 4.90 Å². The molecule has 0 radical (unpaired) electrons. The van der Waals surface area contributed by atoms with Crippen molar-refractivity contribution in [3.63, 3.8) is 0 Å². The van der Waals surface area contributed by atoms with Crippen LogP contribution >= 0.6 is 0 Å². The molecule has 124 valence electrons. The maximum absolute atomic E-state index is 12.9. The number of carbonyl (C=O) groups is 3. The SMILES string of the molecule is O=Cc1ccccc1C1=CCC2C(=O)N(c3ccccc3)C(=O)C2C1. The zero-order valence-electron chi connectivity index (χ0n) is 13.6. The Morgan fingerprint density at radius 2 is 1.56 bits per heavy atom. The quantitative estimate of drug-likeness (QED) is 0.639. The molecule has 1 heterocycles. The van der Waals surface area contributed by atoms with Gasteiger partial charge in [-0.1, -0.05) is 48.5 Å². The Morgan fingerprint density at radius 3 is 2.32 bits per heavy atom. The summed E-state index contributed by atoms with van der Waals surface area (Å²) in [4.78, 5) is 38.2. The van der Waals surface area contributed by atoms with Gasteiger partial charge in [-0.25, -0.2) is 0 Å². The molecule has 1 saturated heterocycles. The maximum Gasteiger partial charge on any atom is 0.238 e. The molecule has 0 bridgehead atoms. The molecular formula is C21H17NO3. The van der Waals surface area contributed by atoms with Crippen LogP contribution in [0.3, 0.4) is 0 Å². The first-order valence-electron chi connectivity index (χ1n) is 8.37. The average molecular weight is 331 g/mol. The highest BCUT2D eigenvalue weighted by atomic mass is 16.2. The van der Waals surface area contributed by atoms with Crippen molar-refractivity contribution in [3.05, 3.63) is 71.8 Å². The van der Waals surface area contributed by atoms with Crippen LogP contribution in [0, 0.1) is 11.8 Å². The smallest absolute Gasteiger partial charge is 0.238 e. The van der Waals surface area contributed by atoms with E-state index in [0.717, 1.165) is 17.4 Å². The van der Waals surface area contributed by atoms with Gasteiger partial charge in [0, 0.05) is 5.56 Å². The number of benzene rings is 2. The summed E-state index contributed by atoms with van der Waals surface area (Å²) >= 11 is 0. The van der Waals surface area contributed by atoms with Crippen molar-refractivity contribution in [1.29, 1.82) is 0 Å². The molecule has 4 rings (SSSR count). The molecule has 4 heteroatoms. The number of hydrogen-bond acceptors (Lipinski definition) is 3. The van der Waals surface area contributed by atoms with E-state index in [1.54, 1.807) is 18.2 Å². The fourth-order valence-electron chi connectivity index (χ4n) is 3.81. The summed E-state index contributed by atoms with van der Waals surface area (Å²) in [6.45, 7) is 0. The highest BCUT2D eigenvalue weighted by Gasteiger charge is 2.49. The molecule has 0 spiro atoms. The highest BCUT2D eigenvalue weighted by molar-refractivity contribution is 6.22. The van der Waals surface area contributed by atoms with Gasteiger partial charge in [-0.15, -0.1) is 0 Å². The lowest BCUT2D eigenvalue weighted by Gasteiger charge is -2.22. The Morgan fingerprint density at radius 1 is 0.880 bits per heavy atom. The molecule has 4 nitrogen and oxygen atoms in total. The first kappa shape index (κ1) is 15.5.